The van der Waals surface area contributed by atoms with Crippen LogP contribution in [0.3, 0.4) is 0 Å². The minimum absolute atomic E-state index is 0.00995. The summed E-state index contributed by atoms with van der Waals surface area (Å²) in [6.07, 6.45) is 4.69. The van der Waals surface area contributed by atoms with Crippen LogP contribution in [-0.4, -0.2) is 24.8 Å². The molecule has 1 fully saturated rings. The molecule has 1 heterocycles. The lowest BCUT2D eigenvalue weighted by Crippen LogP contribution is -2.12. The Bertz CT molecular complexity index is 185. The van der Waals surface area contributed by atoms with Crippen LogP contribution in [0.4, 0.5) is 0 Å². The van der Waals surface area contributed by atoms with Crippen molar-refractivity contribution in [3.8, 4) is 0 Å². The molecule has 2 atom stereocenters. The molecular weight excluding hydrogens is 168 g/mol. The van der Waals surface area contributed by atoms with Gasteiger partial charge in [0.1, 0.15) is 0 Å². The van der Waals surface area contributed by atoms with Crippen LogP contribution >= 0.6 is 0 Å². The first-order valence-electron chi connectivity index (χ1n) is 4.67. The van der Waals surface area contributed by atoms with Crippen molar-refractivity contribution in [2.45, 2.75) is 38.4 Å². The molecule has 74 valence electrons. The van der Waals surface area contributed by atoms with Gasteiger partial charge in [-0.05, 0) is 26.2 Å². The first kappa shape index (κ1) is 10.3. The predicted molar refractivity (Wildman–Crippen MR) is 49.3 cm³/mol. The second kappa shape index (κ2) is 5.02. The minimum Gasteiger partial charge on any atom is -0.460 e. The van der Waals surface area contributed by atoms with Gasteiger partial charge in [0.25, 0.3) is 0 Å². The van der Waals surface area contributed by atoms with E-state index >= 15 is 0 Å². The lowest BCUT2D eigenvalue weighted by Gasteiger charge is -2.10. The average Bonchev–Trinajstić information content (AvgIpc) is 2.88. The van der Waals surface area contributed by atoms with Crippen LogP contribution in [0, 0.1) is 0 Å². The van der Waals surface area contributed by atoms with Gasteiger partial charge in [0.2, 0.25) is 0 Å². The van der Waals surface area contributed by atoms with E-state index < -0.39 is 0 Å². The molecule has 0 bridgehead atoms. The standard InChI is InChI=1S/C10H16O3/c1-3-10(11)13-8(2)5-4-6-9-7-12-9/h3,8-9H,1,4-7H2,2H3. The third-order valence-electron chi connectivity index (χ3n) is 2.02. The monoisotopic (exact) mass is 184 g/mol. The summed E-state index contributed by atoms with van der Waals surface area (Å²) < 4.78 is 10.1. The molecule has 1 saturated heterocycles. The number of rotatable bonds is 6. The van der Waals surface area contributed by atoms with Gasteiger partial charge in [0, 0.05) is 6.08 Å². The summed E-state index contributed by atoms with van der Waals surface area (Å²) in [4.78, 5) is 10.8. The highest BCUT2D eigenvalue weighted by Gasteiger charge is 2.21. The molecule has 0 aromatic carbocycles. The van der Waals surface area contributed by atoms with Gasteiger partial charge in [0.05, 0.1) is 18.8 Å². The van der Waals surface area contributed by atoms with Crippen LogP contribution < -0.4 is 0 Å². The molecule has 0 spiro atoms. The summed E-state index contributed by atoms with van der Waals surface area (Å²) in [5, 5.41) is 0. The van der Waals surface area contributed by atoms with Gasteiger partial charge in [-0.25, -0.2) is 4.79 Å². The van der Waals surface area contributed by atoms with E-state index in [-0.39, 0.29) is 12.1 Å². The largest absolute Gasteiger partial charge is 0.460 e. The summed E-state index contributed by atoms with van der Waals surface area (Å²) in [6.45, 7) is 6.14. The maximum absolute atomic E-state index is 10.8. The molecule has 0 aromatic heterocycles. The summed E-state index contributed by atoms with van der Waals surface area (Å²) in [5.41, 5.74) is 0. The Kier molecular flexibility index (Phi) is 3.96. The van der Waals surface area contributed by atoms with Gasteiger partial charge in [-0.2, -0.15) is 0 Å². The molecule has 3 heteroatoms. The van der Waals surface area contributed by atoms with Gasteiger partial charge in [-0.3, -0.25) is 0 Å². The molecule has 1 aliphatic rings. The van der Waals surface area contributed by atoms with Gasteiger partial charge < -0.3 is 9.47 Å². The SMILES string of the molecule is C=CC(=O)OC(C)CCCC1CO1. The number of hydrogen-bond donors (Lipinski definition) is 0. The van der Waals surface area contributed by atoms with Crippen molar-refractivity contribution >= 4 is 5.97 Å². The Morgan fingerprint density at radius 2 is 2.54 bits per heavy atom. The highest BCUT2D eigenvalue weighted by atomic mass is 16.6. The van der Waals surface area contributed by atoms with Crippen molar-refractivity contribution < 1.29 is 14.3 Å². The molecule has 0 radical (unpaired) electrons. The fourth-order valence-corrected chi connectivity index (χ4v) is 1.17. The van der Waals surface area contributed by atoms with Gasteiger partial charge >= 0.3 is 5.97 Å². The van der Waals surface area contributed by atoms with E-state index in [4.69, 9.17) is 9.47 Å². The zero-order valence-corrected chi connectivity index (χ0v) is 7.99. The van der Waals surface area contributed by atoms with Crippen molar-refractivity contribution in [3.05, 3.63) is 12.7 Å². The number of carbonyl (C=O) groups excluding carboxylic acids is 1. The maximum atomic E-state index is 10.8. The number of esters is 1. The number of hydrogen-bond acceptors (Lipinski definition) is 3. The van der Waals surface area contributed by atoms with E-state index in [1.807, 2.05) is 6.92 Å². The predicted octanol–water partition coefficient (Wildman–Crippen LogP) is 1.67. The van der Waals surface area contributed by atoms with Crippen LogP contribution in [0.2, 0.25) is 0 Å². The molecule has 0 saturated carbocycles. The van der Waals surface area contributed by atoms with E-state index in [9.17, 15) is 4.79 Å². The van der Waals surface area contributed by atoms with Crippen LogP contribution in [-0.2, 0) is 14.3 Å². The Morgan fingerprint density at radius 1 is 1.85 bits per heavy atom. The normalized spacial score (nSPS) is 22.1. The van der Waals surface area contributed by atoms with Gasteiger partial charge in [-0.15, -0.1) is 0 Å². The lowest BCUT2D eigenvalue weighted by atomic mass is 10.1. The summed E-state index contributed by atoms with van der Waals surface area (Å²) >= 11 is 0. The highest BCUT2D eigenvalue weighted by molar-refractivity contribution is 5.81. The third-order valence-corrected chi connectivity index (χ3v) is 2.02. The van der Waals surface area contributed by atoms with Crippen LogP contribution in [0.25, 0.3) is 0 Å². The highest BCUT2D eigenvalue weighted by Crippen LogP contribution is 2.17. The Labute approximate surface area is 78.7 Å². The molecule has 0 amide bonds. The molecule has 1 aliphatic heterocycles. The van der Waals surface area contributed by atoms with Crippen molar-refractivity contribution in [3.63, 3.8) is 0 Å². The molecule has 3 nitrogen and oxygen atoms in total. The number of carbonyl (C=O) groups is 1. The zero-order chi connectivity index (χ0) is 9.68. The van der Waals surface area contributed by atoms with Gasteiger partial charge in [-0.1, -0.05) is 6.58 Å². The topological polar surface area (TPSA) is 38.8 Å². The van der Waals surface area contributed by atoms with Crippen LogP contribution in [0.15, 0.2) is 12.7 Å². The first-order chi connectivity index (χ1) is 6.22. The molecule has 0 aromatic rings. The molecule has 2 unspecified atom stereocenters. The smallest absolute Gasteiger partial charge is 0.330 e. The Morgan fingerprint density at radius 3 is 3.08 bits per heavy atom. The minimum atomic E-state index is -0.338. The van der Waals surface area contributed by atoms with Crippen molar-refractivity contribution in [2.75, 3.05) is 6.61 Å². The maximum Gasteiger partial charge on any atom is 0.330 e. The molecule has 0 aliphatic carbocycles. The van der Waals surface area contributed by atoms with E-state index in [1.165, 1.54) is 6.08 Å². The summed E-state index contributed by atoms with van der Waals surface area (Å²) in [5.74, 6) is -0.338. The first-order valence-corrected chi connectivity index (χ1v) is 4.67. The van der Waals surface area contributed by atoms with E-state index in [0.717, 1.165) is 25.9 Å². The van der Waals surface area contributed by atoms with E-state index in [0.29, 0.717) is 6.10 Å². The van der Waals surface area contributed by atoms with Crippen molar-refractivity contribution in [2.24, 2.45) is 0 Å². The zero-order valence-electron chi connectivity index (χ0n) is 7.99. The van der Waals surface area contributed by atoms with Crippen LogP contribution in [0.5, 0.6) is 0 Å². The lowest BCUT2D eigenvalue weighted by molar-refractivity contribution is -0.142. The second-order valence-corrected chi connectivity index (χ2v) is 3.34. The Balaban J connectivity index is 1.98. The number of ether oxygens (including phenoxy) is 2. The molecular formula is C10H16O3. The van der Waals surface area contributed by atoms with Crippen molar-refractivity contribution in [1.29, 1.82) is 0 Å². The molecule has 13 heavy (non-hydrogen) atoms. The quantitative estimate of drug-likeness (QED) is 0.358. The summed E-state index contributed by atoms with van der Waals surface area (Å²) in [6, 6.07) is 0. The van der Waals surface area contributed by atoms with Crippen LogP contribution in [0.1, 0.15) is 26.2 Å². The van der Waals surface area contributed by atoms with E-state index in [2.05, 4.69) is 6.58 Å². The molecule has 0 N–H and O–H groups in total. The summed E-state index contributed by atoms with van der Waals surface area (Å²) in [7, 11) is 0. The fourth-order valence-electron chi connectivity index (χ4n) is 1.17. The average molecular weight is 184 g/mol. The second-order valence-electron chi connectivity index (χ2n) is 3.34. The number of epoxide rings is 1. The van der Waals surface area contributed by atoms with Crippen molar-refractivity contribution in [1.82, 2.24) is 0 Å². The fraction of sp³-hybridized carbons (Fsp3) is 0.700. The third kappa shape index (κ3) is 4.68. The van der Waals surface area contributed by atoms with Gasteiger partial charge in [0.15, 0.2) is 0 Å². The van der Waals surface area contributed by atoms with E-state index in [1.54, 1.807) is 0 Å². The molecule has 1 rings (SSSR count). The Hall–Kier alpha value is -0.830.